The van der Waals surface area contributed by atoms with Crippen LogP contribution in [0.1, 0.15) is 32.8 Å². The van der Waals surface area contributed by atoms with Crippen molar-refractivity contribution in [3.8, 4) is 0 Å². The Balaban J connectivity index is 2.89. The summed E-state index contributed by atoms with van der Waals surface area (Å²) in [5, 5.41) is 3.29. The number of hydrogen-bond acceptors (Lipinski definition) is 2. The minimum atomic E-state index is -4.20. The van der Waals surface area contributed by atoms with E-state index in [4.69, 9.17) is 0 Å². The summed E-state index contributed by atoms with van der Waals surface area (Å²) in [4.78, 5) is 1.36. The van der Waals surface area contributed by atoms with Crippen molar-refractivity contribution in [2.45, 2.75) is 46.0 Å². The molecule has 0 amide bonds. The van der Waals surface area contributed by atoms with E-state index in [1.165, 1.54) is 4.90 Å². The molecule has 0 aliphatic heterocycles. The van der Waals surface area contributed by atoms with Crippen molar-refractivity contribution in [3.63, 3.8) is 0 Å². The van der Waals surface area contributed by atoms with Crippen molar-refractivity contribution in [2.75, 3.05) is 18.0 Å². The first-order valence-corrected chi connectivity index (χ1v) is 7.85. The highest BCUT2D eigenvalue weighted by atomic mass is 79.9. The molecule has 1 N–H and O–H groups in total. The lowest BCUT2D eigenvalue weighted by Gasteiger charge is -2.27. The fraction of sp³-hybridized carbons (Fsp3) is 0.600. The summed E-state index contributed by atoms with van der Waals surface area (Å²) >= 11 is 3.40. The van der Waals surface area contributed by atoms with Crippen LogP contribution in [-0.2, 0) is 6.54 Å². The molecule has 0 fully saturated rings. The van der Waals surface area contributed by atoms with Gasteiger partial charge in [0.15, 0.2) is 0 Å². The third-order valence-electron chi connectivity index (χ3n) is 2.93. The molecule has 0 bridgehead atoms. The van der Waals surface area contributed by atoms with Crippen LogP contribution in [0.15, 0.2) is 22.7 Å². The molecule has 1 aromatic carbocycles. The highest BCUT2D eigenvalue weighted by molar-refractivity contribution is 9.10. The molecule has 1 aromatic rings. The molecule has 0 heterocycles. The Bertz CT molecular complexity index is 447. The van der Waals surface area contributed by atoms with Crippen molar-refractivity contribution < 1.29 is 13.2 Å². The highest BCUT2D eigenvalue weighted by Gasteiger charge is 2.31. The van der Waals surface area contributed by atoms with Crippen LogP contribution in [0.25, 0.3) is 0 Å². The van der Waals surface area contributed by atoms with Gasteiger partial charge in [-0.2, -0.15) is 13.2 Å². The summed E-state index contributed by atoms with van der Waals surface area (Å²) in [7, 11) is 0. The standard InChI is InChI=1S/C15H22BrF3N2/c1-4-7-21(10-15(17,18)19)14-6-5-12(8-13(14)16)9-20-11(2)3/h5-6,8,11,20H,4,7,9-10H2,1-3H3. The molecule has 0 aliphatic rings. The van der Waals surface area contributed by atoms with Crippen LogP contribution < -0.4 is 10.2 Å². The second kappa shape index (κ2) is 8.03. The number of nitrogens with zero attached hydrogens (tertiary/aromatic N) is 1. The number of rotatable bonds is 7. The van der Waals surface area contributed by atoms with Gasteiger partial charge < -0.3 is 10.2 Å². The smallest absolute Gasteiger partial charge is 0.362 e. The van der Waals surface area contributed by atoms with E-state index in [1.807, 2.05) is 19.1 Å². The number of nitrogens with one attached hydrogen (secondary N) is 1. The van der Waals surface area contributed by atoms with E-state index in [0.29, 0.717) is 35.7 Å². The van der Waals surface area contributed by atoms with Crippen LogP contribution in [0.4, 0.5) is 18.9 Å². The van der Waals surface area contributed by atoms with Crippen LogP contribution in [-0.4, -0.2) is 25.3 Å². The molecule has 1 rings (SSSR count). The molecular formula is C15H22BrF3N2. The summed E-state index contributed by atoms with van der Waals surface area (Å²) in [5.41, 5.74) is 1.63. The lowest BCUT2D eigenvalue weighted by Crippen LogP contribution is -2.35. The van der Waals surface area contributed by atoms with Gasteiger partial charge in [-0.1, -0.05) is 26.8 Å². The van der Waals surface area contributed by atoms with Gasteiger partial charge in [0.1, 0.15) is 6.54 Å². The summed E-state index contributed by atoms with van der Waals surface area (Å²) in [5.74, 6) is 0. The van der Waals surface area contributed by atoms with E-state index in [-0.39, 0.29) is 0 Å². The van der Waals surface area contributed by atoms with Gasteiger partial charge in [-0.15, -0.1) is 0 Å². The molecular weight excluding hydrogens is 345 g/mol. The van der Waals surface area contributed by atoms with E-state index >= 15 is 0 Å². The van der Waals surface area contributed by atoms with Gasteiger partial charge in [-0.25, -0.2) is 0 Å². The lowest BCUT2D eigenvalue weighted by atomic mass is 10.1. The summed E-state index contributed by atoms with van der Waals surface area (Å²) < 4.78 is 38.7. The topological polar surface area (TPSA) is 15.3 Å². The molecule has 0 radical (unpaired) electrons. The van der Waals surface area contributed by atoms with Gasteiger partial charge >= 0.3 is 6.18 Å². The van der Waals surface area contributed by atoms with Gasteiger partial charge in [0.2, 0.25) is 0 Å². The zero-order chi connectivity index (χ0) is 16.0. The first kappa shape index (κ1) is 18.3. The molecule has 0 aromatic heterocycles. The Morgan fingerprint density at radius 2 is 1.95 bits per heavy atom. The number of anilines is 1. The number of halogens is 4. The maximum Gasteiger partial charge on any atom is 0.405 e. The van der Waals surface area contributed by atoms with E-state index in [2.05, 4.69) is 35.1 Å². The summed E-state index contributed by atoms with van der Waals surface area (Å²) in [6, 6.07) is 5.87. The maximum absolute atomic E-state index is 12.7. The number of alkyl halides is 3. The lowest BCUT2D eigenvalue weighted by molar-refractivity contribution is -0.119. The average molecular weight is 367 g/mol. The Morgan fingerprint density at radius 1 is 1.29 bits per heavy atom. The third kappa shape index (κ3) is 6.70. The monoisotopic (exact) mass is 366 g/mol. The fourth-order valence-electron chi connectivity index (χ4n) is 2.01. The Hall–Kier alpha value is -0.750. The zero-order valence-corrected chi connectivity index (χ0v) is 14.2. The third-order valence-corrected chi connectivity index (χ3v) is 3.57. The quantitative estimate of drug-likeness (QED) is 0.750. The van der Waals surface area contributed by atoms with Gasteiger partial charge in [0.25, 0.3) is 0 Å². The predicted molar refractivity (Wildman–Crippen MR) is 84.7 cm³/mol. The van der Waals surface area contributed by atoms with E-state index in [0.717, 1.165) is 5.56 Å². The molecule has 21 heavy (non-hydrogen) atoms. The average Bonchev–Trinajstić information content (AvgIpc) is 2.34. The van der Waals surface area contributed by atoms with Crippen LogP contribution in [0.5, 0.6) is 0 Å². The van der Waals surface area contributed by atoms with Crippen molar-refractivity contribution in [2.24, 2.45) is 0 Å². The van der Waals surface area contributed by atoms with Gasteiger partial charge in [0.05, 0.1) is 5.69 Å². The first-order valence-electron chi connectivity index (χ1n) is 7.06. The minimum absolute atomic E-state index is 0.366. The van der Waals surface area contributed by atoms with Crippen LogP contribution in [0.3, 0.4) is 0 Å². The Kier molecular flexibility index (Phi) is 7.00. The van der Waals surface area contributed by atoms with Crippen molar-refractivity contribution >= 4 is 21.6 Å². The van der Waals surface area contributed by atoms with Crippen molar-refractivity contribution in [1.29, 1.82) is 0 Å². The molecule has 6 heteroatoms. The van der Waals surface area contributed by atoms with Crippen LogP contribution >= 0.6 is 15.9 Å². The normalized spacial score (nSPS) is 12.0. The molecule has 0 spiro atoms. The summed E-state index contributed by atoms with van der Waals surface area (Å²) in [6.07, 6.45) is -3.54. The highest BCUT2D eigenvalue weighted by Crippen LogP contribution is 2.30. The SMILES string of the molecule is CCCN(CC(F)(F)F)c1ccc(CNC(C)C)cc1Br. The summed E-state index contributed by atoms with van der Waals surface area (Å²) in [6.45, 7) is 6.12. The van der Waals surface area contributed by atoms with Crippen molar-refractivity contribution in [3.05, 3.63) is 28.2 Å². The van der Waals surface area contributed by atoms with Gasteiger partial charge in [-0.05, 0) is 40.0 Å². The molecule has 0 saturated carbocycles. The maximum atomic E-state index is 12.7. The first-order chi connectivity index (χ1) is 9.73. The van der Waals surface area contributed by atoms with Crippen LogP contribution in [0, 0.1) is 0 Å². The molecule has 0 saturated heterocycles. The minimum Gasteiger partial charge on any atom is -0.362 e. The Morgan fingerprint density at radius 3 is 2.43 bits per heavy atom. The van der Waals surface area contributed by atoms with E-state index in [1.54, 1.807) is 6.07 Å². The van der Waals surface area contributed by atoms with Gasteiger partial charge in [0, 0.05) is 23.6 Å². The number of hydrogen-bond donors (Lipinski definition) is 1. The second-order valence-electron chi connectivity index (χ2n) is 5.36. The fourth-order valence-corrected chi connectivity index (χ4v) is 2.69. The van der Waals surface area contributed by atoms with Gasteiger partial charge in [-0.3, -0.25) is 0 Å². The predicted octanol–water partition coefficient (Wildman–Crippen LogP) is 4.73. The molecule has 0 unspecified atom stereocenters. The number of benzene rings is 1. The van der Waals surface area contributed by atoms with E-state index < -0.39 is 12.7 Å². The van der Waals surface area contributed by atoms with E-state index in [9.17, 15) is 13.2 Å². The molecule has 2 nitrogen and oxygen atoms in total. The molecule has 0 aliphatic carbocycles. The molecule has 0 atom stereocenters. The largest absolute Gasteiger partial charge is 0.405 e. The van der Waals surface area contributed by atoms with Crippen LogP contribution in [0.2, 0.25) is 0 Å². The zero-order valence-electron chi connectivity index (χ0n) is 12.6. The molecule has 120 valence electrons. The Labute approximate surface area is 132 Å². The second-order valence-corrected chi connectivity index (χ2v) is 6.21. The van der Waals surface area contributed by atoms with Crippen molar-refractivity contribution in [1.82, 2.24) is 5.32 Å².